The summed E-state index contributed by atoms with van der Waals surface area (Å²) in [4.78, 5) is 0. The molecule has 0 heterocycles. The fraction of sp³-hybridized carbons (Fsp3) is 1.00. The monoisotopic (exact) mass is 157 g/mol. The van der Waals surface area contributed by atoms with Gasteiger partial charge >= 0.3 is 0 Å². The second-order valence-electron chi connectivity index (χ2n) is 3.85. The maximum atomic E-state index is 9.43. The zero-order valence-corrected chi connectivity index (χ0v) is 7.51. The van der Waals surface area contributed by atoms with Crippen molar-refractivity contribution >= 4 is 0 Å². The molecular weight excluding hydrogens is 138 g/mol. The molecule has 0 aromatic heterocycles. The molecule has 2 nitrogen and oxygen atoms in total. The molecule has 0 saturated heterocycles. The maximum absolute atomic E-state index is 9.43. The summed E-state index contributed by atoms with van der Waals surface area (Å²) in [5.74, 6) is 0.377. The first kappa shape index (κ1) is 9.01. The van der Waals surface area contributed by atoms with E-state index in [2.05, 4.69) is 5.32 Å². The summed E-state index contributed by atoms with van der Waals surface area (Å²) in [5, 5.41) is 12.8. The van der Waals surface area contributed by atoms with E-state index in [0.29, 0.717) is 12.0 Å². The lowest BCUT2D eigenvalue weighted by Crippen LogP contribution is -2.41. The second kappa shape index (κ2) is 4.07. The number of aliphatic hydroxyl groups is 1. The molecule has 11 heavy (non-hydrogen) atoms. The molecule has 0 aromatic carbocycles. The summed E-state index contributed by atoms with van der Waals surface area (Å²) < 4.78 is 0. The van der Waals surface area contributed by atoms with E-state index < -0.39 is 0 Å². The van der Waals surface area contributed by atoms with E-state index in [1.54, 1.807) is 0 Å². The molecule has 2 heteroatoms. The zero-order chi connectivity index (χ0) is 8.27. The SMILES string of the molecule is CC(C)C(O)CNC1CCC1. The van der Waals surface area contributed by atoms with Crippen LogP contribution in [0.2, 0.25) is 0 Å². The molecule has 1 atom stereocenters. The molecule has 1 saturated carbocycles. The Kier molecular flexibility index (Phi) is 3.34. The summed E-state index contributed by atoms with van der Waals surface area (Å²) >= 11 is 0. The van der Waals surface area contributed by atoms with Crippen LogP contribution in [0.15, 0.2) is 0 Å². The molecule has 0 amide bonds. The molecule has 66 valence electrons. The highest BCUT2D eigenvalue weighted by Gasteiger charge is 2.18. The zero-order valence-electron chi connectivity index (χ0n) is 7.51. The van der Waals surface area contributed by atoms with Gasteiger partial charge in [0, 0.05) is 12.6 Å². The highest BCUT2D eigenvalue weighted by molar-refractivity contribution is 4.77. The van der Waals surface area contributed by atoms with Gasteiger partial charge in [-0.1, -0.05) is 20.3 Å². The Morgan fingerprint density at radius 1 is 1.45 bits per heavy atom. The molecule has 1 aliphatic carbocycles. The number of hydrogen-bond donors (Lipinski definition) is 2. The van der Waals surface area contributed by atoms with Gasteiger partial charge in [0.15, 0.2) is 0 Å². The molecule has 0 bridgehead atoms. The number of rotatable bonds is 4. The Bertz CT molecular complexity index is 110. The lowest BCUT2D eigenvalue weighted by molar-refractivity contribution is 0.115. The predicted octanol–water partition coefficient (Wildman–Crippen LogP) is 1.15. The van der Waals surface area contributed by atoms with Gasteiger partial charge in [0.1, 0.15) is 0 Å². The maximum Gasteiger partial charge on any atom is 0.0687 e. The Labute approximate surface area is 69.0 Å². The van der Waals surface area contributed by atoms with Crippen molar-refractivity contribution < 1.29 is 5.11 Å². The number of hydrogen-bond acceptors (Lipinski definition) is 2. The third-order valence-electron chi connectivity index (χ3n) is 2.49. The van der Waals surface area contributed by atoms with Crippen LogP contribution in [0.25, 0.3) is 0 Å². The quantitative estimate of drug-likeness (QED) is 0.641. The fourth-order valence-corrected chi connectivity index (χ4v) is 1.14. The molecular formula is C9H19NO. The molecule has 0 radical (unpaired) electrons. The van der Waals surface area contributed by atoms with Gasteiger partial charge in [-0.25, -0.2) is 0 Å². The highest BCUT2D eigenvalue weighted by Crippen LogP contribution is 2.17. The van der Waals surface area contributed by atoms with Crippen LogP contribution >= 0.6 is 0 Å². The molecule has 1 unspecified atom stereocenters. The van der Waals surface area contributed by atoms with Crippen molar-refractivity contribution in [1.82, 2.24) is 5.32 Å². The van der Waals surface area contributed by atoms with E-state index in [0.717, 1.165) is 6.54 Å². The van der Waals surface area contributed by atoms with Crippen LogP contribution in [0.1, 0.15) is 33.1 Å². The van der Waals surface area contributed by atoms with Gasteiger partial charge in [0.05, 0.1) is 6.10 Å². The largest absolute Gasteiger partial charge is 0.392 e. The molecule has 2 N–H and O–H groups in total. The van der Waals surface area contributed by atoms with Crippen LogP contribution in [0.5, 0.6) is 0 Å². The fourth-order valence-electron chi connectivity index (χ4n) is 1.14. The van der Waals surface area contributed by atoms with E-state index in [-0.39, 0.29) is 6.10 Å². The van der Waals surface area contributed by atoms with Crippen LogP contribution < -0.4 is 5.32 Å². The van der Waals surface area contributed by atoms with Crippen LogP contribution in [-0.2, 0) is 0 Å². The van der Waals surface area contributed by atoms with E-state index in [1.807, 2.05) is 13.8 Å². The summed E-state index contributed by atoms with van der Waals surface area (Å²) in [6, 6.07) is 0.698. The first-order valence-corrected chi connectivity index (χ1v) is 4.61. The van der Waals surface area contributed by atoms with E-state index in [1.165, 1.54) is 19.3 Å². The van der Waals surface area contributed by atoms with Gasteiger partial charge in [0.2, 0.25) is 0 Å². The van der Waals surface area contributed by atoms with Gasteiger partial charge in [-0.2, -0.15) is 0 Å². The third kappa shape index (κ3) is 2.80. The lowest BCUT2D eigenvalue weighted by Gasteiger charge is -2.28. The van der Waals surface area contributed by atoms with Crippen LogP contribution in [-0.4, -0.2) is 23.8 Å². The topological polar surface area (TPSA) is 32.3 Å². The number of nitrogens with one attached hydrogen (secondary N) is 1. The van der Waals surface area contributed by atoms with Gasteiger partial charge < -0.3 is 10.4 Å². The van der Waals surface area contributed by atoms with Crippen molar-refractivity contribution in [2.24, 2.45) is 5.92 Å². The van der Waals surface area contributed by atoms with Crippen molar-refractivity contribution in [2.45, 2.75) is 45.3 Å². The van der Waals surface area contributed by atoms with Crippen molar-refractivity contribution in [1.29, 1.82) is 0 Å². The van der Waals surface area contributed by atoms with Crippen molar-refractivity contribution in [2.75, 3.05) is 6.54 Å². The van der Waals surface area contributed by atoms with Crippen molar-refractivity contribution in [3.63, 3.8) is 0 Å². The van der Waals surface area contributed by atoms with E-state index >= 15 is 0 Å². The van der Waals surface area contributed by atoms with Gasteiger partial charge in [-0.05, 0) is 18.8 Å². The van der Waals surface area contributed by atoms with E-state index in [9.17, 15) is 5.11 Å². The Morgan fingerprint density at radius 2 is 2.09 bits per heavy atom. The van der Waals surface area contributed by atoms with E-state index in [4.69, 9.17) is 0 Å². The molecule has 0 aliphatic heterocycles. The second-order valence-corrected chi connectivity index (χ2v) is 3.85. The Balaban J connectivity index is 2.01. The summed E-state index contributed by atoms with van der Waals surface area (Å²) in [7, 11) is 0. The molecule has 1 rings (SSSR count). The Morgan fingerprint density at radius 3 is 2.45 bits per heavy atom. The standard InChI is InChI=1S/C9H19NO/c1-7(2)9(11)6-10-8-4-3-5-8/h7-11H,3-6H2,1-2H3. The lowest BCUT2D eigenvalue weighted by atomic mass is 9.93. The summed E-state index contributed by atoms with van der Waals surface area (Å²) in [6.45, 7) is 4.86. The third-order valence-corrected chi connectivity index (χ3v) is 2.49. The van der Waals surface area contributed by atoms with Gasteiger partial charge in [-0.15, -0.1) is 0 Å². The van der Waals surface area contributed by atoms with Crippen LogP contribution in [0, 0.1) is 5.92 Å². The normalized spacial score (nSPS) is 21.8. The summed E-state index contributed by atoms with van der Waals surface area (Å²) in [6.07, 6.45) is 3.78. The average molecular weight is 157 g/mol. The van der Waals surface area contributed by atoms with Crippen molar-refractivity contribution in [3.8, 4) is 0 Å². The number of aliphatic hydroxyl groups excluding tert-OH is 1. The highest BCUT2D eigenvalue weighted by atomic mass is 16.3. The first-order chi connectivity index (χ1) is 5.20. The van der Waals surface area contributed by atoms with Crippen LogP contribution in [0.4, 0.5) is 0 Å². The Hall–Kier alpha value is -0.0800. The molecule has 0 aromatic rings. The molecule has 0 spiro atoms. The smallest absolute Gasteiger partial charge is 0.0687 e. The van der Waals surface area contributed by atoms with Gasteiger partial charge in [-0.3, -0.25) is 0 Å². The molecule has 1 fully saturated rings. The summed E-state index contributed by atoms with van der Waals surface area (Å²) in [5.41, 5.74) is 0. The first-order valence-electron chi connectivity index (χ1n) is 4.61. The minimum Gasteiger partial charge on any atom is -0.392 e. The minimum atomic E-state index is -0.171. The average Bonchev–Trinajstić information content (AvgIpc) is 1.83. The molecule has 1 aliphatic rings. The predicted molar refractivity (Wildman–Crippen MR) is 46.5 cm³/mol. The minimum absolute atomic E-state index is 0.171. The van der Waals surface area contributed by atoms with Crippen molar-refractivity contribution in [3.05, 3.63) is 0 Å². The van der Waals surface area contributed by atoms with Crippen LogP contribution in [0.3, 0.4) is 0 Å². The van der Waals surface area contributed by atoms with Gasteiger partial charge in [0.25, 0.3) is 0 Å².